The highest BCUT2D eigenvalue weighted by Gasteiger charge is 2.41. The van der Waals surface area contributed by atoms with E-state index in [1.165, 1.54) is 25.1 Å². The standard InChI is InChI=1S/C14H19NO4S/c1-3-14(7-8-14)9-15-20(18,19)12-6-4-5-11(10(12)2)13(16)17/h4-6,15H,3,7-9H2,1-2H3,(H,16,17). The van der Waals surface area contributed by atoms with Crippen molar-refractivity contribution in [3.05, 3.63) is 29.3 Å². The third-order valence-electron chi connectivity index (χ3n) is 4.15. The van der Waals surface area contributed by atoms with Gasteiger partial charge in [-0.05, 0) is 49.3 Å². The number of hydrogen-bond acceptors (Lipinski definition) is 3. The maximum Gasteiger partial charge on any atom is 0.335 e. The van der Waals surface area contributed by atoms with Crippen molar-refractivity contribution < 1.29 is 18.3 Å². The van der Waals surface area contributed by atoms with Crippen LogP contribution in [0.1, 0.15) is 42.1 Å². The van der Waals surface area contributed by atoms with Gasteiger partial charge in [-0.1, -0.05) is 13.0 Å². The minimum absolute atomic E-state index is 0.0181. The van der Waals surface area contributed by atoms with Crippen LogP contribution in [0.2, 0.25) is 0 Å². The van der Waals surface area contributed by atoms with Crippen molar-refractivity contribution in [2.75, 3.05) is 6.54 Å². The average Bonchev–Trinajstić information content (AvgIpc) is 3.17. The Labute approximate surface area is 119 Å². The fourth-order valence-corrected chi connectivity index (χ4v) is 3.72. The van der Waals surface area contributed by atoms with E-state index in [1.54, 1.807) is 0 Å². The first-order chi connectivity index (χ1) is 9.31. The highest BCUT2D eigenvalue weighted by molar-refractivity contribution is 7.89. The minimum atomic E-state index is -3.66. The number of nitrogens with one attached hydrogen (secondary N) is 1. The number of carbonyl (C=O) groups is 1. The van der Waals surface area contributed by atoms with Gasteiger partial charge in [0.2, 0.25) is 10.0 Å². The average molecular weight is 297 g/mol. The van der Waals surface area contributed by atoms with E-state index >= 15 is 0 Å². The van der Waals surface area contributed by atoms with E-state index in [-0.39, 0.29) is 21.4 Å². The van der Waals surface area contributed by atoms with Crippen molar-refractivity contribution in [2.24, 2.45) is 5.41 Å². The van der Waals surface area contributed by atoms with E-state index in [9.17, 15) is 13.2 Å². The van der Waals surface area contributed by atoms with E-state index in [1.807, 2.05) is 0 Å². The van der Waals surface area contributed by atoms with Crippen LogP contribution in [-0.4, -0.2) is 26.0 Å². The Bertz CT molecular complexity index is 633. The van der Waals surface area contributed by atoms with Gasteiger partial charge in [-0.3, -0.25) is 0 Å². The molecule has 0 heterocycles. The first kappa shape index (κ1) is 15.0. The Kier molecular flexibility index (Phi) is 3.88. The van der Waals surface area contributed by atoms with E-state index in [4.69, 9.17) is 5.11 Å². The normalized spacial score (nSPS) is 16.9. The number of rotatable bonds is 6. The number of carboxylic acids is 1. The molecule has 5 nitrogen and oxygen atoms in total. The summed E-state index contributed by atoms with van der Waals surface area (Å²) in [5.74, 6) is -1.12. The Hall–Kier alpha value is -1.40. The molecule has 1 saturated carbocycles. The second-order valence-corrected chi connectivity index (χ2v) is 7.15. The molecule has 0 saturated heterocycles. The van der Waals surface area contributed by atoms with Gasteiger partial charge >= 0.3 is 5.97 Å². The summed E-state index contributed by atoms with van der Waals surface area (Å²) in [6, 6.07) is 4.30. The first-order valence-electron chi connectivity index (χ1n) is 6.64. The van der Waals surface area contributed by atoms with Crippen LogP contribution in [0, 0.1) is 12.3 Å². The van der Waals surface area contributed by atoms with Gasteiger partial charge in [-0.2, -0.15) is 0 Å². The summed E-state index contributed by atoms with van der Waals surface area (Å²) in [6.45, 7) is 3.99. The highest BCUT2D eigenvalue weighted by Crippen LogP contribution is 2.48. The summed E-state index contributed by atoms with van der Waals surface area (Å²) < 4.78 is 27.2. The van der Waals surface area contributed by atoms with Crippen LogP contribution in [0.3, 0.4) is 0 Å². The molecule has 0 atom stereocenters. The molecule has 0 unspecified atom stereocenters. The molecule has 2 N–H and O–H groups in total. The van der Waals surface area contributed by atoms with Gasteiger partial charge in [0.15, 0.2) is 0 Å². The van der Waals surface area contributed by atoms with E-state index < -0.39 is 16.0 Å². The van der Waals surface area contributed by atoms with Gasteiger partial charge < -0.3 is 5.11 Å². The number of hydrogen-bond donors (Lipinski definition) is 2. The Morgan fingerprint density at radius 3 is 2.55 bits per heavy atom. The van der Waals surface area contributed by atoms with Crippen LogP contribution in [0.4, 0.5) is 0 Å². The van der Waals surface area contributed by atoms with Crippen molar-refractivity contribution in [2.45, 2.75) is 38.0 Å². The number of carboxylic acid groups (broad SMARTS) is 1. The molecule has 0 aromatic heterocycles. The summed E-state index contributed by atoms with van der Waals surface area (Å²) >= 11 is 0. The molecule has 1 aliphatic carbocycles. The molecule has 0 radical (unpaired) electrons. The molecule has 0 spiro atoms. The molecule has 0 aliphatic heterocycles. The van der Waals surface area contributed by atoms with Crippen LogP contribution in [0.15, 0.2) is 23.1 Å². The second kappa shape index (κ2) is 5.18. The lowest BCUT2D eigenvalue weighted by Crippen LogP contribution is -2.30. The van der Waals surface area contributed by atoms with Crippen molar-refractivity contribution in [1.29, 1.82) is 0 Å². The molecule has 0 bridgehead atoms. The van der Waals surface area contributed by atoms with Crippen molar-refractivity contribution in [3.8, 4) is 0 Å². The smallest absolute Gasteiger partial charge is 0.335 e. The molecule has 1 fully saturated rings. The predicted octanol–water partition coefficient (Wildman–Crippen LogP) is 2.16. The molecule has 1 aromatic carbocycles. The maximum atomic E-state index is 12.3. The van der Waals surface area contributed by atoms with Crippen LogP contribution in [-0.2, 0) is 10.0 Å². The first-order valence-corrected chi connectivity index (χ1v) is 8.12. The third-order valence-corrected chi connectivity index (χ3v) is 5.69. The maximum absolute atomic E-state index is 12.3. The number of aromatic carboxylic acids is 1. The summed E-state index contributed by atoms with van der Waals surface area (Å²) in [6.07, 6.45) is 3.03. The zero-order valence-electron chi connectivity index (χ0n) is 11.6. The van der Waals surface area contributed by atoms with Gasteiger partial charge in [-0.25, -0.2) is 17.9 Å². The molecule has 2 rings (SSSR count). The topological polar surface area (TPSA) is 83.5 Å². The molecule has 110 valence electrons. The van der Waals surface area contributed by atoms with Crippen molar-refractivity contribution in [1.82, 2.24) is 4.72 Å². The molecule has 1 aliphatic rings. The van der Waals surface area contributed by atoms with E-state index in [0.29, 0.717) is 6.54 Å². The molecular formula is C14H19NO4S. The third kappa shape index (κ3) is 2.86. The summed E-state index contributed by atoms with van der Waals surface area (Å²) in [4.78, 5) is 11.1. The Morgan fingerprint density at radius 2 is 2.05 bits per heavy atom. The fourth-order valence-electron chi connectivity index (χ4n) is 2.30. The molecule has 6 heteroatoms. The fraction of sp³-hybridized carbons (Fsp3) is 0.500. The van der Waals surface area contributed by atoms with Gasteiger partial charge in [0, 0.05) is 6.54 Å². The quantitative estimate of drug-likeness (QED) is 0.843. The summed E-state index contributed by atoms with van der Waals surface area (Å²) in [5.41, 5.74) is 0.393. The summed E-state index contributed by atoms with van der Waals surface area (Å²) in [7, 11) is -3.66. The monoisotopic (exact) mass is 297 g/mol. The van der Waals surface area contributed by atoms with Crippen LogP contribution >= 0.6 is 0 Å². The zero-order valence-corrected chi connectivity index (χ0v) is 12.5. The van der Waals surface area contributed by atoms with Crippen molar-refractivity contribution in [3.63, 3.8) is 0 Å². The zero-order chi connectivity index (χ0) is 15.0. The van der Waals surface area contributed by atoms with Crippen LogP contribution in [0.25, 0.3) is 0 Å². The Balaban J connectivity index is 2.26. The lowest BCUT2D eigenvalue weighted by molar-refractivity contribution is 0.0696. The van der Waals surface area contributed by atoms with Gasteiger partial charge in [0.25, 0.3) is 0 Å². The number of benzene rings is 1. The predicted molar refractivity (Wildman–Crippen MR) is 75.3 cm³/mol. The van der Waals surface area contributed by atoms with E-state index in [0.717, 1.165) is 19.3 Å². The molecular weight excluding hydrogens is 278 g/mol. The Morgan fingerprint density at radius 1 is 1.40 bits per heavy atom. The minimum Gasteiger partial charge on any atom is -0.478 e. The van der Waals surface area contributed by atoms with Gasteiger partial charge in [0.05, 0.1) is 10.5 Å². The lowest BCUT2D eigenvalue weighted by Gasteiger charge is -2.15. The second-order valence-electron chi connectivity index (χ2n) is 5.41. The van der Waals surface area contributed by atoms with Crippen molar-refractivity contribution >= 4 is 16.0 Å². The van der Waals surface area contributed by atoms with E-state index in [2.05, 4.69) is 11.6 Å². The van der Waals surface area contributed by atoms with Gasteiger partial charge in [-0.15, -0.1) is 0 Å². The molecule has 1 aromatic rings. The highest BCUT2D eigenvalue weighted by atomic mass is 32.2. The molecule has 20 heavy (non-hydrogen) atoms. The van der Waals surface area contributed by atoms with Crippen LogP contribution < -0.4 is 4.72 Å². The lowest BCUT2D eigenvalue weighted by atomic mass is 10.1. The number of sulfonamides is 1. The largest absolute Gasteiger partial charge is 0.478 e. The summed E-state index contributed by atoms with van der Waals surface area (Å²) in [5, 5.41) is 9.05. The SMILES string of the molecule is CCC1(CNS(=O)(=O)c2cccc(C(=O)O)c2C)CC1. The van der Waals surface area contributed by atoms with Crippen LogP contribution in [0.5, 0.6) is 0 Å². The molecule has 0 amide bonds. The van der Waals surface area contributed by atoms with Gasteiger partial charge in [0.1, 0.15) is 0 Å².